The van der Waals surface area contributed by atoms with Crippen molar-refractivity contribution >= 4 is 28.2 Å². The number of hydrogen-bond acceptors (Lipinski definition) is 5. The molecule has 0 aliphatic heterocycles. The highest BCUT2D eigenvalue weighted by atomic mass is 32.1. The van der Waals surface area contributed by atoms with Crippen LogP contribution in [0.1, 0.15) is 33.4 Å². The third kappa shape index (κ3) is 5.88. The van der Waals surface area contributed by atoms with Crippen LogP contribution in [0.15, 0.2) is 36.4 Å². The molecule has 2 rings (SSSR count). The Morgan fingerprint density at radius 1 is 1.00 bits per heavy atom. The molecule has 0 saturated heterocycles. The molecule has 0 aliphatic rings. The molecule has 3 N–H and O–H groups in total. The zero-order valence-corrected chi connectivity index (χ0v) is 15.2. The smallest absolute Gasteiger partial charge is 0.261 e. The number of benzene rings is 1. The van der Waals surface area contributed by atoms with E-state index in [9.17, 15) is 9.59 Å². The summed E-state index contributed by atoms with van der Waals surface area (Å²) in [6.45, 7) is 4.35. The van der Waals surface area contributed by atoms with Crippen molar-refractivity contribution in [2.75, 3.05) is 32.1 Å². The molecule has 0 spiro atoms. The highest BCUT2D eigenvalue weighted by molar-refractivity contribution is 7.18. The average Bonchev–Trinajstić information content (AvgIpc) is 3.10. The Kier molecular flexibility index (Phi) is 7.43. The van der Waals surface area contributed by atoms with Crippen molar-refractivity contribution in [3.05, 3.63) is 46.8 Å². The Bertz CT molecular complexity index is 698. The van der Waals surface area contributed by atoms with Gasteiger partial charge in [0.15, 0.2) is 0 Å². The molecule has 0 unspecified atom stereocenters. The van der Waals surface area contributed by atoms with Gasteiger partial charge in [0.1, 0.15) is 5.75 Å². The van der Waals surface area contributed by atoms with E-state index in [0.717, 1.165) is 19.5 Å². The Morgan fingerprint density at radius 2 is 1.76 bits per heavy atom. The third-order valence-corrected chi connectivity index (χ3v) is 4.43. The Labute approximate surface area is 151 Å². The molecular formula is C18H23N3O3S. The maximum absolute atomic E-state index is 12.2. The number of amides is 2. The molecule has 1 aromatic heterocycles. The van der Waals surface area contributed by atoms with Crippen molar-refractivity contribution in [1.82, 2.24) is 10.6 Å². The number of ether oxygens (including phenoxy) is 1. The minimum Gasteiger partial charge on any atom is -0.497 e. The summed E-state index contributed by atoms with van der Waals surface area (Å²) < 4.78 is 5.07. The number of methoxy groups -OCH3 is 1. The molecular weight excluding hydrogens is 338 g/mol. The largest absolute Gasteiger partial charge is 0.497 e. The first kappa shape index (κ1) is 19.0. The van der Waals surface area contributed by atoms with E-state index < -0.39 is 0 Å². The van der Waals surface area contributed by atoms with Crippen LogP contribution in [0.2, 0.25) is 0 Å². The summed E-state index contributed by atoms with van der Waals surface area (Å²) in [5, 5.41) is 9.51. The summed E-state index contributed by atoms with van der Waals surface area (Å²) >= 11 is 1.25. The zero-order valence-electron chi connectivity index (χ0n) is 14.4. The summed E-state index contributed by atoms with van der Waals surface area (Å²) in [6.07, 6.45) is 1.07. The Hall–Kier alpha value is -2.38. The van der Waals surface area contributed by atoms with Crippen LogP contribution in [0.3, 0.4) is 0 Å². The topological polar surface area (TPSA) is 79.5 Å². The molecule has 134 valence electrons. The van der Waals surface area contributed by atoms with Gasteiger partial charge in [-0.05, 0) is 49.4 Å². The number of carbonyl (C=O) groups excluding carboxylic acids is 2. The van der Waals surface area contributed by atoms with Crippen LogP contribution in [-0.2, 0) is 0 Å². The molecule has 25 heavy (non-hydrogen) atoms. The van der Waals surface area contributed by atoms with Gasteiger partial charge in [-0.1, -0.05) is 6.92 Å². The first-order valence-electron chi connectivity index (χ1n) is 8.18. The van der Waals surface area contributed by atoms with Gasteiger partial charge in [0.2, 0.25) is 0 Å². The minimum atomic E-state index is -0.222. The molecule has 0 fully saturated rings. The summed E-state index contributed by atoms with van der Waals surface area (Å²) in [6, 6.07) is 10.3. The molecule has 2 aromatic rings. The van der Waals surface area contributed by atoms with Crippen LogP contribution < -0.4 is 20.7 Å². The fraction of sp³-hybridized carbons (Fsp3) is 0.333. The normalized spacial score (nSPS) is 10.3. The fourth-order valence-electron chi connectivity index (χ4n) is 2.11. The second-order valence-corrected chi connectivity index (χ2v) is 6.44. The van der Waals surface area contributed by atoms with Crippen LogP contribution in [0.4, 0.5) is 5.00 Å². The molecule has 7 heteroatoms. The SMILES string of the molecule is CCCNCCNC(=O)c1ccc(NC(=O)c2ccc(OC)cc2)s1. The van der Waals surface area contributed by atoms with Crippen molar-refractivity contribution in [2.24, 2.45) is 0 Å². The Morgan fingerprint density at radius 3 is 2.44 bits per heavy atom. The van der Waals surface area contributed by atoms with Crippen LogP contribution >= 0.6 is 11.3 Å². The fourth-order valence-corrected chi connectivity index (χ4v) is 2.92. The zero-order chi connectivity index (χ0) is 18.1. The summed E-state index contributed by atoms with van der Waals surface area (Å²) in [5.41, 5.74) is 0.530. The highest BCUT2D eigenvalue weighted by Gasteiger charge is 2.11. The maximum Gasteiger partial charge on any atom is 0.261 e. The van der Waals surface area contributed by atoms with E-state index in [2.05, 4.69) is 22.9 Å². The molecule has 0 saturated carbocycles. The van der Waals surface area contributed by atoms with Crippen molar-refractivity contribution in [1.29, 1.82) is 0 Å². The molecule has 0 radical (unpaired) electrons. The number of rotatable bonds is 9. The lowest BCUT2D eigenvalue weighted by Gasteiger charge is -2.05. The van der Waals surface area contributed by atoms with Gasteiger partial charge in [-0.2, -0.15) is 0 Å². The first-order chi connectivity index (χ1) is 12.1. The minimum absolute atomic E-state index is 0.131. The van der Waals surface area contributed by atoms with Crippen LogP contribution in [-0.4, -0.2) is 38.6 Å². The molecule has 1 aromatic carbocycles. The molecule has 0 aliphatic carbocycles. The summed E-state index contributed by atoms with van der Waals surface area (Å²) in [7, 11) is 1.58. The summed E-state index contributed by atoms with van der Waals surface area (Å²) in [5.74, 6) is 0.341. The number of carbonyl (C=O) groups is 2. The number of thiophene rings is 1. The van der Waals surface area contributed by atoms with Gasteiger partial charge in [0.25, 0.3) is 11.8 Å². The van der Waals surface area contributed by atoms with Crippen LogP contribution in [0.5, 0.6) is 5.75 Å². The van der Waals surface area contributed by atoms with E-state index >= 15 is 0 Å². The van der Waals surface area contributed by atoms with E-state index in [1.54, 1.807) is 43.5 Å². The van der Waals surface area contributed by atoms with Gasteiger partial charge < -0.3 is 20.7 Å². The van der Waals surface area contributed by atoms with Crippen LogP contribution in [0, 0.1) is 0 Å². The standard InChI is InChI=1S/C18H23N3O3S/c1-3-10-19-11-12-20-18(23)15-8-9-16(25-15)21-17(22)13-4-6-14(24-2)7-5-13/h4-9,19H,3,10-12H2,1-2H3,(H,20,23)(H,21,22). The van der Waals surface area contributed by atoms with Gasteiger partial charge in [-0.15, -0.1) is 11.3 Å². The van der Waals surface area contributed by atoms with Gasteiger partial charge >= 0.3 is 0 Å². The molecule has 6 nitrogen and oxygen atoms in total. The van der Waals surface area contributed by atoms with E-state index in [1.165, 1.54) is 11.3 Å². The number of nitrogens with one attached hydrogen (secondary N) is 3. The number of hydrogen-bond donors (Lipinski definition) is 3. The van der Waals surface area contributed by atoms with E-state index in [1.807, 2.05) is 0 Å². The lowest BCUT2D eigenvalue weighted by molar-refractivity contribution is 0.0957. The van der Waals surface area contributed by atoms with Crippen molar-refractivity contribution in [2.45, 2.75) is 13.3 Å². The van der Waals surface area contributed by atoms with Gasteiger partial charge in [-0.25, -0.2) is 0 Å². The average molecular weight is 361 g/mol. The maximum atomic E-state index is 12.2. The molecule has 0 atom stereocenters. The van der Waals surface area contributed by atoms with Gasteiger partial charge in [0.05, 0.1) is 17.0 Å². The molecule has 2 amide bonds. The lowest BCUT2D eigenvalue weighted by atomic mass is 10.2. The summed E-state index contributed by atoms with van der Waals surface area (Å²) in [4.78, 5) is 24.8. The van der Waals surface area contributed by atoms with E-state index in [-0.39, 0.29) is 11.8 Å². The molecule has 1 heterocycles. The predicted molar refractivity (Wildman–Crippen MR) is 101 cm³/mol. The number of anilines is 1. The molecule has 0 bridgehead atoms. The second kappa shape index (κ2) is 9.80. The second-order valence-electron chi connectivity index (χ2n) is 5.35. The lowest BCUT2D eigenvalue weighted by Crippen LogP contribution is -2.31. The van der Waals surface area contributed by atoms with Crippen molar-refractivity contribution in [3.8, 4) is 5.75 Å². The van der Waals surface area contributed by atoms with Gasteiger partial charge in [-0.3, -0.25) is 9.59 Å². The van der Waals surface area contributed by atoms with E-state index in [4.69, 9.17) is 4.74 Å². The monoisotopic (exact) mass is 361 g/mol. The highest BCUT2D eigenvalue weighted by Crippen LogP contribution is 2.22. The Balaban J connectivity index is 1.85. The van der Waals surface area contributed by atoms with Gasteiger partial charge in [0, 0.05) is 18.7 Å². The quantitative estimate of drug-likeness (QED) is 0.600. The van der Waals surface area contributed by atoms with E-state index in [0.29, 0.717) is 27.7 Å². The first-order valence-corrected chi connectivity index (χ1v) is 9.00. The predicted octanol–water partition coefficient (Wildman–Crippen LogP) is 2.74. The third-order valence-electron chi connectivity index (χ3n) is 3.43. The van der Waals surface area contributed by atoms with Crippen LogP contribution in [0.25, 0.3) is 0 Å². The van der Waals surface area contributed by atoms with Crippen molar-refractivity contribution in [3.63, 3.8) is 0 Å². The van der Waals surface area contributed by atoms with Crippen molar-refractivity contribution < 1.29 is 14.3 Å².